The largest absolute Gasteiger partial charge is 0.496 e. The number of benzene rings is 1. The second kappa shape index (κ2) is 6.63. The van der Waals surface area contributed by atoms with E-state index in [-0.39, 0.29) is 5.78 Å². The van der Waals surface area contributed by atoms with E-state index in [0.717, 1.165) is 3.57 Å². The van der Waals surface area contributed by atoms with E-state index in [4.69, 9.17) is 9.47 Å². The van der Waals surface area contributed by atoms with Crippen LogP contribution in [0.1, 0.15) is 10.4 Å². The standard InChI is InChI=1S/C13H16INO3/c1-15(2)6-5-11(16)9-7-10(14)13(18-4)8-12(9)17-3/h5-8H,1-4H3/b6-5+. The number of carbonyl (C=O) groups excluding carboxylic acids is 1. The SMILES string of the molecule is COc1cc(OC)c(C(=O)/C=C/N(C)C)cc1I. The molecule has 1 aromatic carbocycles. The number of rotatable bonds is 5. The van der Waals surface area contributed by atoms with E-state index in [1.165, 1.54) is 13.2 Å². The Kier molecular flexibility index (Phi) is 5.46. The highest BCUT2D eigenvalue weighted by molar-refractivity contribution is 14.1. The van der Waals surface area contributed by atoms with E-state index in [0.29, 0.717) is 17.1 Å². The van der Waals surface area contributed by atoms with Crippen LogP contribution >= 0.6 is 22.6 Å². The molecule has 0 bridgehead atoms. The van der Waals surface area contributed by atoms with E-state index in [1.54, 1.807) is 30.3 Å². The molecule has 0 saturated heterocycles. The lowest BCUT2D eigenvalue weighted by molar-refractivity contribution is 0.104. The van der Waals surface area contributed by atoms with Gasteiger partial charge in [0.2, 0.25) is 0 Å². The van der Waals surface area contributed by atoms with Gasteiger partial charge in [-0.3, -0.25) is 4.79 Å². The molecule has 0 aliphatic carbocycles. The number of hydrogen-bond acceptors (Lipinski definition) is 4. The number of halogens is 1. The smallest absolute Gasteiger partial charge is 0.191 e. The van der Waals surface area contributed by atoms with Crippen molar-refractivity contribution in [1.29, 1.82) is 0 Å². The summed E-state index contributed by atoms with van der Waals surface area (Å²) in [6.07, 6.45) is 3.22. The van der Waals surface area contributed by atoms with E-state index < -0.39 is 0 Å². The van der Waals surface area contributed by atoms with Crippen molar-refractivity contribution in [3.8, 4) is 11.5 Å². The van der Waals surface area contributed by atoms with Gasteiger partial charge in [0.25, 0.3) is 0 Å². The van der Waals surface area contributed by atoms with Gasteiger partial charge in [-0.2, -0.15) is 0 Å². The van der Waals surface area contributed by atoms with Crippen molar-refractivity contribution >= 4 is 28.4 Å². The summed E-state index contributed by atoms with van der Waals surface area (Å²) in [7, 11) is 6.84. The van der Waals surface area contributed by atoms with E-state index in [1.807, 2.05) is 14.1 Å². The molecule has 5 heteroatoms. The Balaban J connectivity index is 3.15. The quantitative estimate of drug-likeness (QED) is 0.459. The van der Waals surface area contributed by atoms with Crippen LogP contribution in [0, 0.1) is 3.57 Å². The molecule has 98 valence electrons. The maximum absolute atomic E-state index is 12.0. The number of hydrogen-bond donors (Lipinski definition) is 0. The van der Waals surface area contributed by atoms with Crippen LogP contribution in [-0.2, 0) is 0 Å². The van der Waals surface area contributed by atoms with Gasteiger partial charge >= 0.3 is 0 Å². The lowest BCUT2D eigenvalue weighted by Gasteiger charge is -2.10. The van der Waals surface area contributed by atoms with Gasteiger partial charge in [0.05, 0.1) is 23.4 Å². The van der Waals surface area contributed by atoms with Gasteiger partial charge in [-0.15, -0.1) is 0 Å². The third-order valence-corrected chi connectivity index (χ3v) is 3.11. The molecule has 0 amide bonds. The molecule has 1 rings (SSSR count). The molecule has 0 aromatic heterocycles. The summed E-state index contributed by atoms with van der Waals surface area (Å²) >= 11 is 2.13. The first-order valence-electron chi connectivity index (χ1n) is 5.30. The van der Waals surface area contributed by atoms with Crippen molar-refractivity contribution in [3.63, 3.8) is 0 Å². The summed E-state index contributed by atoms with van der Waals surface area (Å²) in [6, 6.07) is 3.49. The van der Waals surface area contributed by atoms with Gasteiger partial charge in [-0.25, -0.2) is 0 Å². The van der Waals surface area contributed by atoms with Crippen molar-refractivity contribution < 1.29 is 14.3 Å². The zero-order valence-electron chi connectivity index (χ0n) is 10.9. The van der Waals surface area contributed by atoms with E-state index in [2.05, 4.69) is 22.6 Å². The maximum Gasteiger partial charge on any atom is 0.191 e. The molecule has 0 fully saturated rings. The zero-order valence-corrected chi connectivity index (χ0v) is 13.0. The predicted octanol–water partition coefficient (Wildman–Crippen LogP) is 2.57. The van der Waals surface area contributed by atoms with Gasteiger partial charge in [0.15, 0.2) is 5.78 Å². The summed E-state index contributed by atoms with van der Waals surface area (Å²) in [5.74, 6) is 1.11. The summed E-state index contributed by atoms with van der Waals surface area (Å²) < 4.78 is 11.3. The summed E-state index contributed by atoms with van der Waals surface area (Å²) in [4.78, 5) is 13.8. The molecule has 18 heavy (non-hydrogen) atoms. The second-order valence-electron chi connectivity index (χ2n) is 3.83. The van der Waals surface area contributed by atoms with Crippen LogP contribution in [0.25, 0.3) is 0 Å². The summed E-state index contributed by atoms with van der Waals surface area (Å²) in [5, 5.41) is 0. The Hall–Kier alpha value is -1.24. The molecular weight excluding hydrogens is 345 g/mol. The van der Waals surface area contributed by atoms with Gasteiger partial charge in [-0.05, 0) is 28.7 Å². The van der Waals surface area contributed by atoms with E-state index in [9.17, 15) is 4.79 Å². The van der Waals surface area contributed by atoms with Gasteiger partial charge in [0, 0.05) is 32.4 Å². The Morgan fingerprint density at radius 2 is 1.83 bits per heavy atom. The number of methoxy groups -OCH3 is 2. The molecule has 1 aromatic rings. The molecule has 4 nitrogen and oxygen atoms in total. The summed E-state index contributed by atoms with van der Waals surface area (Å²) in [5.41, 5.74) is 0.529. The first kappa shape index (κ1) is 14.8. The van der Waals surface area contributed by atoms with Crippen LogP contribution in [0.3, 0.4) is 0 Å². The highest BCUT2D eigenvalue weighted by Crippen LogP contribution is 2.30. The highest BCUT2D eigenvalue weighted by Gasteiger charge is 2.14. The number of carbonyl (C=O) groups is 1. The highest BCUT2D eigenvalue weighted by atomic mass is 127. The van der Waals surface area contributed by atoms with Crippen molar-refractivity contribution in [3.05, 3.63) is 33.5 Å². The third kappa shape index (κ3) is 3.63. The fourth-order valence-corrected chi connectivity index (χ4v) is 2.05. The normalized spacial score (nSPS) is 10.5. The molecule has 0 aliphatic rings. The van der Waals surface area contributed by atoms with Crippen LogP contribution in [0.15, 0.2) is 24.4 Å². The number of ether oxygens (including phenoxy) is 2. The summed E-state index contributed by atoms with van der Waals surface area (Å²) in [6.45, 7) is 0. The minimum Gasteiger partial charge on any atom is -0.496 e. The van der Waals surface area contributed by atoms with Crippen LogP contribution in [0.5, 0.6) is 11.5 Å². The Morgan fingerprint density at radius 3 is 2.33 bits per heavy atom. The van der Waals surface area contributed by atoms with Crippen molar-refractivity contribution in [1.82, 2.24) is 4.90 Å². The van der Waals surface area contributed by atoms with E-state index >= 15 is 0 Å². The van der Waals surface area contributed by atoms with Crippen LogP contribution < -0.4 is 9.47 Å². The van der Waals surface area contributed by atoms with Crippen molar-refractivity contribution in [2.75, 3.05) is 28.3 Å². The Morgan fingerprint density at radius 1 is 1.22 bits per heavy atom. The minimum atomic E-state index is -0.0962. The number of allylic oxidation sites excluding steroid dienone is 1. The van der Waals surface area contributed by atoms with Crippen molar-refractivity contribution in [2.45, 2.75) is 0 Å². The monoisotopic (exact) mass is 361 g/mol. The van der Waals surface area contributed by atoms with Crippen molar-refractivity contribution in [2.24, 2.45) is 0 Å². The van der Waals surface area contributed by atoms with Gasteiger partial charge < -0.3 is 14.4 Å². The maximum atomic E-state index is 12.0. The molecule has 0 radical (unpaired) electrons. The average Bonchev–Trinajstić information content (AvgIpc) is 2.35. The van der Waals surface area contributed by atoms with Gasteiger partial charge in [0.1, 0.15) is 11.5 Å². The first-order valence-corrected chi connectivity index (χ1v) is 6.38. The number of nitrogens with zero attached hydrogens (tertiary/aromatic N) is 1. The number of ketones is 1. The minimum absolute atomic E-state index is 0.0962. The molecule has 0 spiro atoms. The fourth-order valence-electron chi connectivity index (χ4n) is 1.36. The lowest BCUT2D eigenvalue weighted by atomic mass is 10.1. The lowest BCUT2D eigenvalue weighted by Crippen LogP contribution is -2.05. The molecule has 0 heterocycles. The molecule has 0 saturated carbocycles. The fraction of sp³-hybridized carbons (Fsp3) is 0.308. The third-order valence-electron chi connectivity index (χ3n) is 2.26. The molecule has 0 unspecified atom stereocenters. The Labute approximate surface area is 121 Å². The topological polar surface area (TPSA) is 38.8 Å². The average molecular weight is 361 g/mol. The predicted molar refractivity (Wildman–Crippen MR) is 79.4 cm³/mol. The van der Waals surface area contributed by atoms with Crippen LogP contribution in [0.4, 0.5) is 0 Å². The van der Waals surface area contributed by atoms with Crippen LogP contribution in [-0.4, -0.2) is 39.0 Å². The van der Waals surface area contributed by atoms with Gasteiger partial charge in [-0.1, -0.05) is 0 Å². The van der Waals surface area contributed by atoms with Crippen LogP contribution in [0.2, 0.25) is 0 Å². The molecule has 0 aliphatic heterocycles. The second-order valence-corrected chi connectivity index (χ2v) is 4.99. The molecule has 0 N–H and O–H groups in total. The zero-order chi connectivity index (χ0) is 13.7. The Bertz CT molecular complexity index is 470. The molecule has 0 atom stereocenters. The molecular formula is C13H16INO3. The first-order chi connectivity index (χ1) is 8.49.